The number of hydrogen-bond acceptors (Lipinski definition) is 5. The van der Waals surface area contributed by atoms with Crippen molar-refractivity contribution in [3.63, 3.8) is 0 Å². The second kappa shape index (κ2) is 6.94. The first-order chi connectivity index (χ1) is 10.5. The highest BCUT2D eigenvalue weighted by Gasteiger charge is 2.36. The number of nitro groups is 1. The molecule has 1 aromatic rings. The highest BCUT2D eigenvalue weighted by Crippen LogP contribution is 2.28. The molecule has 2 N–H and O–H groups in total. The van der Waals surface area contributed by atoms with Gasteiger partial charge in [0.25, 0.3) is 5.91 Å². The fraction of sp³-hybridized carbons (Fsp3) is 0.333. The van der Waals surface area contributed by atoms with Gasteiger partial charge in [0.05, 0.1) is 18.5 Å². The molecule has 0 aliphatic heterocycles. The summed E-state index contributed by atoms with van der Waals surface area (Å²) >= 11 is 0. The van der Waals surface area contributed by atoms with E-state index >= 15 is 0 Å². The van der Waals surface area contributed by atoms with Crippen molar-refractivity contribution in [2.75, 3.05) is 7.11 Å². The number of hydrogen-bond donors (Lipinski definition) is 2. The number of benzene rings is 1. The molecule has 0 aromatic heterocycles. The SMILES string of the molecule is COc1cc(C(=O)NC(CC(F)(F)F)C(=O)O)ccc1[N+](=O)[O-]. The van der Waals surface area contributed by atoms with Gasteiger partial charge in [-0.15, -0.1) is 0 Å². The number of alkyl halides is 3. The van der Waals surface area contributed by atoms with Crippen LogP contribution in [0, 0.1) is 10.1 Å². The van der Waals surface area contributed by atoms with Crippen LogP contribution in [0.2, 0.25) is 0 Å². The highest BCUT2D eigenvalue weighted by molar-refractivity contribution is 5.97. The van der Waals surface area contributed by atoms with E-state index < -0.39 is 41.1 Å². The largest absolute Gasteiger partial charge is 0.490 e. The van der Waals surface area contributed by atoms with Gasteiger partial charge in [0.15, 0.2) is 5.75 Å². The third kappa shape index (κ3) is 5.13. The quantitative estimate of drug-likeness (QED) is 0.603. The predicted molar refractivity (Wildman–Crippen MR) is 69.2 cm³/mol. The van der Waals surface area contributed by atoms with Crippen molar-refractivity contribution >= 4 is 17.6 Å². The molecule has 1 amide bonds. The van der Waals surface area contributed by atoms with E-state index in [-0.39, 0.29) is 11.3 Å². The Hall–Kier alpha value is -2.85. The van der Waals surface area contributed by atoms with Crippen LogP contribution in [0.25, 0.3) is 0 Å². The normalized spacial score (nSPS) is 12.3. The lowest BCUT2D eigenvalue weighted by molar-refractivity contribution is -0.385. The molecule has 1 aromatic carbocycles. The number of methoxy groups -OCH3 is 1. The van der Waals surface area contributed by atoms with Crippen molar-refractivity contribution in [3.05, 3.63) is 33.9 Å². The minimum Gasteiger partial charge on any atom is -0.490 e. The maximum absolute atomic E-state index is 12.3. The monoisotopic (exact) mass is 336 g/mol. The van der Waals surface area contributed by atoms with Gasteiger partial charge in [-0.25, -0.2) is 4.79 Å². The average Bonchev–Trinajstić information content (AvgIpc) is 2.44. The van der Waals surface area contributed by atoms with Crippen molar-refractivity contribution in [2.45, 2.75) is 18.6 Å². The minimum absolute atomic E-state index is 0.277. The Kier molecular flexibility index (Phi) is 5.49. The second-order valence-electron chi connectivity index (χ2n) is 4.33. The van der Waals surface area contributed by atoms with Gasteiger partial charge in [-0.3, -0.25) is 14.9 Å². The van der Waals surface area contributed by atoms with E-state index in [4.69, 9.17) is 9.84 Å². The van der Waals surface area contributed by atoms with Crippen molar-refractivity contribution in [1.29, 1.82) is 0 Å². The molecule has 0 fully saturated rings. The smallest absolute Gasteiger partial charge is 0.391 e. The Morgan fingerprint density at radius 2 is 2.04 bits per heavy atom. The standard InChI is InChI=1S/C12H11F3N2O6/c1-23-9-4-6(2-3-8(9)17(21)22)10(18)16-7(11(19)20)5-12(13,14)15/h2-4,7H,5H2,1H3,(H,16,18)(H,19,20). The fourth-order valence-electron chi connectivity index (χ4n) is 1.64. The number of amides is 1. The number of carboxylic acids is 1. The Bertz CT molecular complexity index is 632. The number of rotatable bonds is 6. The molecule has 0 heterocycles. The first kappa shape index (κ1) is 18.2. The van der Waals surface area contributed by atoms with Gasteiger partial charge in [0.1, 0.15) is 6.04 Å². The summed E-state index contributed by atoms with van der Waals surface area (Å²) in [4.78, 5) is 32.5. The highest BCUT2D eigenvalue weighted by atomic mass is 19.4. The summed E-state index contributed by atoms with van der Waals surface area (Å²) in [5.41, 5.74) is -0.727. The van der Waals surface area contributed by atoms with Crippen LogP contribution < -0.4 is 10.1 Å². The van der Waals surface area contributed by atoms with Gasteiger partial charge in [0.2, 0.25) is 0 Å². The number of nitrogens with zero attached hydrogens (tertiary/aromatic N) is 1. The molecule has 8 nitrogen and oxygen atoms in total. The summed E-state index contributed by atoms with van der Waals surface area (Å²) in [6.07, 6.45) is -6.54. The Morgan fingerprint density at radius 3 is 2.48 bits per heavy atom. The molecule has 11 heteroatoms. The van der Waals surface area contributed by atoms with Gasteiger partial charge in [-0.05, 0) is 6.07 Å². The number of ether oxygens (including phenoxy) is 1. The maximum atomic E-state index is 12.3. The number of nitro benzene ring substituents is 1. The Labute approximate surface area is 127 Å². The van der Waals surface area contributed by atoms with E-state index in [9.17, 15) is 32.9 Å². The predicted octanol–water partition coefficient (Wildman–Crippen LogP) is 1.74. The maximum Gasteiger partial charge on any atom is 0.391 e. The summed E-state index contributed by atoms with van der Waals surface area (Å²) in [6, 6.07) is 0.652. The third-order valence-corrected chi connectivity index (χ3v) is 2.68. The molecule has 0 spiro atoms. The van der Waals surface area contributed by atoms with Gasteiger partial charge in [0, 0.05) is 17.7 Å². The number of nitrogens with one attached hydrogen (secondary N) is 1. The molecule has 126 valence electrons. The van der Waals surface area contributed by atoms with E-state index in [1.54, 1.807) is 5.32 Å². The molecule has 0 saturated heterocycles. The van der Waals surface area contributed by atoms with E-state index in [1.807, 2.05) is 0 Å². The summed E-state index contributed by atoms with van der Waals surface area (Å²) < 4.78 is 41.5. The van der Waals surface area contributed by atoms with Crippen molar-refractivity contribution in [2.24, 2.45) is 0 Å². The van der Waals surface area contributed by atoms with E-state index in [1.165, 1.54) is 0 Å². The summed E-state index contributed by atoms with van der Waals surface area (Å²) in [7, 11) is 1.10. The second-order valence-corrected chi connectivity index (χ2v) is 4.33. The molecule has 1 rings (SSSR count). The van der Waals surface area contributed by atoms with E-state index in [0.717, 1.165) is 25.3 Å². The summed E-state index contributed by atoms with van der Waals surface area (Å²) in [5.74, 6) is -3.27. The van der Waals surface area contributed by atoms with Crippen LogP contribution in [0.1, 0.15) is 16.8 Å². The van der Waals surface area contributed by atoms with E-state index in [2.05, 4.69) is 0 Å². The zero-order chi connectivity index (χ0) is 17.8. The van der Waals surface area contributed by atoms with Crippen LogP contribution in [0.4, 0.5) is 18.9 Å². The lowest BCUT2D eigenvalue weighted by Gasteiger charge is -2.16. The zero-order valence-electron chi connectivity index (χ0n) is 11.6. The number of carbonyl (C=O) groups excluding carboxylic acids is 1. The lowest BCUT2D eigenvalue weighted by atomic mass is 10.1. The molecular formula is C12H11F3N2O6. The molecule has 0 radical (unpaired) electrons. The van der Waals surface area contributed by atoms with Gasteiger partial charge < -0.3 is 15.2 Å². The number of halogens is 3. The molecule has 0 bridgehead atoms. The van der Waals surface area contributed by atoms with Crippen molar-refractivity contribution in [3.8, 4) is 5.75 Å². The topological polar surface area (TPSA) is 119 Å². The van der Waals surface area contributed by atoms with E-state index in [0.29, 0.717) is 0 Å². The van der Waals surface area contributed by atoms with Crippen LogP contribution in [0.3, 0.4) is 0 Å². The summed E-state index contributed by atoms with van der Waals surface area (Å²) in [6.45, 7) is 0. The Balaban J connectivity index is 3.00. The van der Waals surface area contributed by atoms with Crippen LogP contribution >= 0.6 is 0 Å². The van der Waals surface area contributed by atoms with Crippen molar-refractivity contribution in [1.82, 2.24) is 5.32 Å². The Morgan fingerprint density at radius 1 is 1.43 bits per heavy atom. The lowest BCUT2D eigenvalue weighted by Crippen LogP contribution is -2.43. The van der Waals surface area contributed by atoms with Crippen LogP contribution in [0.5, 0.6) is 5.75 Å². The molecule has 23 heavy (non-hydrogen) atoms. The minimum atomic E-state index is -4.79. The van der Waals surface area contributed by atoms with Crippen LogP contribution in [-0.4, -0.2) is 41.2 Å². The molecule has 0 saturated carbocycles. The van der Waals surface area contributed by atoms with Gasteiger partial charge in [-0.1, -0.05) is 0 Å². The zero-order valence-corrected chi connectivity index (χ0v) is 11.6. The van der Waals surface area contributed by atoms with Crippen molar-refractivity contribution < 1.29 is 37.5 Å². The molecule has 1 atom stereocenters. The molecular weight excluding hydrogens is 325 g/mol. The molecule has 1 unspecified atom stereocenters. The van der Waals surface area contributed by atoms with Crippen LogP contribution in [0.15, 0.2) is 18.2 Å². The number of aliphatic carboxylic acids is 1. The third-order valence-electron chi connectivity index (χ3n) is 2.68. The average molecular weight is 336 g/mol. The first-order valence-corrected chi connectivity index (χ1v) is 5.98. The van der Waals surface area contributed by atoms with Gasteiger partial charge >= 0.3 is 17.8 Å². The number of carboxylic acid groups (broad SMARTS) is 1. The summed E-state index contributed by atoms with van der Waals surface area (Å²) in [5, 5.41) is 21.1. The molecule has 0 aliphatic carbocycles. The fourth-order valence-corrected chi connectivity index (χ4v) is 1.64. The molecule has 0 aliphatic rings. The number of carbonyl (C=O) groups is 2. The van der Waals surface area contributed by atoms with Crippen LogP contribution in [-0.2, 0) is 4.79 Å². The first-order valence-electron chi connectivity index (χ1n) is 5.98. The van der Waals surface area contributed by atoms with Gasteiger partial charge in [-0.2, -0.15) is 13.2 Å².